The van der Waals surface area contributed by atoms with E-state index in [0.717, 1.165) is 5.01 Å². The van der Waals surface area contributed by atoms with Crippen LogP contribution in [0.1, 0.15) is 36.4 Å². The van der Waals surface area contributed by atoms with Crippen LogP contribution in [0.15, 0.2) is 24.3 Å². The minimum Gasteiger partial charge on any atom is -0.326 e. The molecule has 2 nitrogen and oxygen atoms in total. The standard InChI is InChI=1S/C15H18N2S/c1-15(2)7-6-12-13(15)17-14(18-12)11-5-3-4-10(8-11)9-16/h3-5,8H,6-7,9,16H2,1-2H3. The molecule has 0 spiro atoms. The van der Waals surface area contributed by atoms with Gasteiger partial charge in [-0.2, -0.15) is 0 Å². The molecule has 1 aromatic heterocycles. The molecule has 2 N–H and O–H groups in total. The Kier molecular flexibility index (Phi) is 2.76. The fourth-order valence-corrected chi connectivity index (χ4v) is 3.79. The van der Waals surface area contributed by atoms with Crippen LogP contribution >= 0.6 is 11.3 Å². The zero-order valence-electron chi connectivity index (χ0n) is 10.9. The van der Waals surface area contributed by atoms with Crippen molar-refractivity contribution in [1.82, 2.24) is 4.98 Å². The van der Waals surface area contributed by atoms with Crippen LogP contribution in [0.25, 0.3) is 10.6 Å². The van der Waals surface area contributed by atoms with E-state index in [1.165, 1.54) is 34.5 Å². The van der Waals surface area contributed by atoms with Crippen molar-refractivity contribution in [1.29, 1.82) is 0 Å². The SMILES string of the molecule is CC1(C)CCc2sc(-c3cccc(CN)c3)nc21. The fourth-order valence-electron chi connectivity index (χ4n) is 2.55. The van der Waals surface area contributed by atoms with Crippen molar-refractivity contribution in [3.8, 4) is 10.6 Å². The third-order valence-corrected chi connectivity index (χ3v) is 4.89. The molecule has 0 fully saturated rings. The maximum Gasteiger partial charge on any atom is 0.123 e. The van der Waals surface area contributed by atoms with Gasteiger partial charge in [-0.3, -0.25) is 0 Å². The van der Waals surface area contributed by atoms with Crippen LogP contribution in [0.4, 0.5) is 0 Å². The van der Waals surface area contributed by atoms with Crippen molar-refractivity contribution >= 4 is 11.3 Å². The Morgan fingerprint density at radius 2 is 2.22 bits per heavy atom. The predicted molar refractivity (Wildman–Crippen MR) is 76.8 cm³/mol. The van der Waals surface area contributed by atoms with Crippen LogP contribution in [0.3, 0.4) is 0 Å². The molecular formula is C15H18N2S. The molecule has 1 aromatic carbocycles. The van der Waals surface area contributed by atoms with Gasteiger partial charge in [0.05, 0.1) is 5.69 Å². The first-order valence-electron chi connectivity index (χ1n) is 6.40. The number of nitrogens with two attached hydrogens (primary N) is 1. The molecule has 18 heavy (non-hydrogen) atoms. The Balaban J connectivity index is 2.03. The Hall–Kier alpha value is -1.19. The lowest BCUT2D eigenvalue weighted by Gasteiger charge is -2.15. The summed E-state index contributed by atoms with van der Waals surface area (Å²) in [5.41, 5.74) is 9.62. The monoisotopic (exact) mass is 258 g/mol. The van der Waals surface area contributed by atoms with E-state index >= 15 is 0 Å². The Morgan fingerprint density at radius 3 is 2.94 bits per heavy atom. The quantitative estimate of drug-likeness (QED) is 0.895. The summed E-state index contributed by atoms with van der Waals surface area (Å²) in [4.78, 5) is 6.33. The van der Waals surface area contributed by atoms with E-state index < -0.39 is 0 Å². The van der Waals surface area contributed by atoms with Gasteiger partial charge in [0.25, 0.3) is 0 Å². The van der Waals surface area contributed by atoms with Crippen molar-refractivity contribution < 1.29 is 0 Å². The normalized spacial score (nSPS) is 16.8. The molecule has 94 valence electrons. The zero-order valence-corrected chi connectivity index (χ0v) is 11.7. The number of hydrogen-bond acceptors (Lipinski definition) is 3. The number of benzene rings is 1. The molecule has 0 atom stereocenters. The first-order valence-corrected chi connectivity index (χ1v) is 7.21. The van der Waals surface area contributed by atoms with Gasteiger partial charge in [-0.25, -0.2) is 4.98 Å². The predicted octanol–water partition coefficient (Wildman–Crippen LogP) is 3.49. The minimum absolute atomic E-state index is 0.246. The van der Waals surface area contributed by atoms with Gasteiger partial charge in [0.2, 0.25) is 0 Å². The first-order chi connectivity index (χ1) is 8.60. The number of fused-ring (bicyclic) bond motifs is 1. The lowest BCUT2D eigenvalue weighted by Crippen LogP contribution is -2.12. The molecule has 3 heteroatoms. The second-order valence-electron chi connectivity index (χ2n) is 5.58. The van der Waals surface area contributed by atoms with Gasteiger partial charge in [-0.05, 0) is 24.5 Å². The van der Waals surface area contributed by atoms with Gasteiger partial charge in [0.15, 0.2) is 0 Å². The highest BCUT2D eigenvalue weighted by atomic mass is 32.1. The molecule has 3 rings (SSSR count). The van der Waals surface area contributed by atoms with Crippen molar-refractivity contribution in [2.24, 2.45) is 5.73 Å². The molecular weight excluding hydrogens is 240 g/mol. The minimum atomic E-state index is 0.246. The molecule has 0 aliphatic heterocycles. The Labute approximate surface area is 112 Å². The summed E-state index contributed by atoms with van der Waals surface area (Å²) in [6.45, 7) is 5.17. The van der Waals surface area contributed by atoms with Crippen molar-refractivity contribution in [2.75, 3.05) is 0 Å². The molecule has 0 bridgehead atoms. The molecule has 0 saturated heterocycles. The molecule has 1 aliphatic carbocycles. The highest BCUT2D eigenvalue weighted by Crippen LogP contribution is 2.43. The highest BCUT2D eigenvalue weighted by molar-refractivity contribution is 7.15. The third kappa shape index (κ3) is 1.88. The highest BCUT2D eigenvalue weighted by Gasteiger charge is 2.33. The smallest absolute Gasteiger partial charge is 0.123 e. The van der Waals surface area contributed by atoms with Crippen LogP contribution in [-0.4, -0.2) is 4.98 Å². The topological polar surface area (TPSA) is 38.9 Å². The summed E-state index contributed by atoms with van der Waals surface area (Å²) >= 11 is 1.84. The van der Waals surface area contributed by atoms with E-state index in [1.807, 2.05) is 11.3 Å². The van der Waals surface area contributed by atoms with Crippen LogP contribution in [0.2, 0.25) is 0 Å². The molecule has 1 aliphatic rings. The average Bonchev–Trinajstić information content (AvgIpc) is 2.91. The van der Waals surface area contributed by atoms with Crippen molar-refractivity contribution in [3.63, 3.8) is 0 Å². The summed E-state index contributed by atoms with van der Waals surface area (Å²) in [6.07, 6.45) is 2.40. The molecule has 2 aromatic rings. The van der Waals surface area contributed by atoms with E-state index in [1.54, 1.807) is 0 Å². The summed E-state index contributed by atoms with van der Waals surface area (Å²) in [7, 11) is 0. The number of rotatable bonds is 2. The van der Waals surface area contributed by atoms with Gasteiger partial charge in [-0.15, -0.1) is 11.3 Å². The molecule has 0 radical (unpaired) electrons. The Morgan fingerprint density at radius 1 is 1.39 bits per heavy atom. The van der Waals surface area contributed by atoms with Gasteiger partial charge in [-0.1, -0.05) is 32.0 Å². The van der Waals surface area contributed by atoms with Crippen molar-refractivity contribution in [2.45, 2.75) is 38.6 Å². The van der Waals surface area contributed by atoms with E-state index in [-0.39, 0.29) is 5.41 Å². The first kappa shape index (κ1) is 11.9. The lowest BCUT2D eigenvalue weighted by molar-refractivity contribution is 0.510. The number of aryl methyl sites for hydroxylation is 1. The summed E-state index contributed by atoms with van der Waals surface area (Å²) in [6, 6.07) is 8.41. The van der Waals surface area contributed by atoms with Crippen LogP contribution in [0.5, 0.6) is 0 Å². The van der Waals surface area contributed by atoms with Gasteiger partial charge in [0.1, 0.15) is 5.01 Å². The summed E-state index contributed by atoms with van der Waals surface area (Å²) in [5, 5.41) is 1.14. The van der Waals surface area contributed by atoms with Crippen LogP contribution in [-0.2, 0) is 18.4 Å². The van der Waals surface area contributed by atoms with Crippen LogP contribution in [0, 0.1) is 0 Å². The van der Waals surface area contributed by atoms with E-state index in [0.29, 0.717) is 6.54 Å². The van der Waals surface area contributed by atoms with Gasteiger partial charge in [0, 0.05) is 22.4 Å². The number of thiazole rings is 1. The second kappa shape index (κ2) is 4.18. The molecule has 0 unspecified atom stereocenters. The second-order valence-corrected chi connectivity index (χ2v) is 6.66. The van der Waals surface area contributed by atoms with Gasteiger partial charge >= 0.3 is 0 Å². The number of nitrogens with zero attached hydrogens (tertiary/aromatic N) is 1. The van der Waals surface area contributed by atoms with Crippen LogP contribution < -0.4 is 5.73 Å². The molecule has 1 heterocycles. The van der Waals surface area contributed by atoms with Crippen molar-refractivity contribution in [3.05, 3.63) is 40.4 Å². The summed E-state index contributed by atoms with van der Waals surface area (Å²) < 4.78 is 0. The average molecular weight is 258 g/mol. The molecule has 0 amide bonds. The number of hydrogen-bond donors (Lipinski definition) is 1. The largest absolute Gasteiger partial charge is 0.326 e. The zero-order chi connectivity index (χ0) is 12.8. The van der Waals surface area contributed by atoms with E-state index in [4.69, 9.17) is 10.7 Å². The lowest BCUT2D eigenvalue weighted by atomic mass is 9.91. The third-order valence-electron chi connectivity index (χ3n) is 3.73. The van der Waals surface area contributed by atoms with Gasteiger partial charge < -0.3 is 5.73 Å². The Bertz CT molecular complexity index is 584. The van der Waals surface area contributed by atoms with E-state index in [9.17, 15) is 0 Å². The molecule has 0 saturated carbocycles. The fraction of sp³-hybridized carbons (Fsp3) is 0.400. The summed E-state index contributed by atoms with van der Waals surface area (Å²) in [5.74, 6) is 0. The maximum atomic E-state index is 5.70. The number of aromatic nitrogens is 1. The van der Waals surface area contributed by atoms with E-state index in [2.05, 4.69) is 38.1 Å². The maximum absolute atomic E-state index is 5.70.